The van der Waals surface area contributed by atoms with Crippen molar-refractivity contribution in [3.63, 3.8) is 0 Å². The number of carboxylic acids is 1. The summed E-state index contributed by atoms with van der Waals surface area (Å²) in [5, 5.41) is 9.23. The van der Waals surface area contributed by atoms with Crippen LogP contribution in [0.5, 0.6) is 0 Å². The molecule has 1 atom stereocenters. The number of hydrogen-bond donors (Lipinski definition) is 1. The molecule has 110 valence electrons. The average Bonchev–Trinajstić information content (AvgIpc) is 2.63. The molecule has 2 heterocycles. The maximum Gasteiger partial charge on any atom is 0.433 e. The van der Waals surface area contributed by atoms with E-state index in [1.807, 2.05) is 0 Å². The minimum absolute atomic E-state index is 0.0779. The Bertz CT molecular complexity index is 491. The van der Waals surface area contributed by atoms with Gasteiger partial charge in [0.1, 0.15) is 17.6 Å². The molecule has 1 aliphatic heterocycles. The summed E-state index contributed by atoms with van der Waals surface area (Å²) in [7, 11) is 0. The summed E-state index contributed by atoms with van der Waals surface area (Å²) in [5.41, 5.74) is -0.997. The molecule has 0 spiro atoms. The Morgan fingerprint density at radius 3 is 2.70 bits per heavy atom. The van der Waals surface area contributed by atoms with E-state index in [0.717, 1.165) is 25.3 Å². The van der Waals surface area contributed by atoms with Crippen LogP contribution in [0.3, 0.4) is 0 Å². The first-order valence-corrected chi connectivity index (χ1v) is 6.43. The number of nitrogens with zero attached hydrogens (tertiary/aromatic N) is 2. The predicted octanol–water partition coefficient (Wildman–Crippen LogP) is 2.93. The minimum atomic E-state index is -4.53. The number of hydrogen-bond acceptors (Lipinski definition) is 3. The molecule has 1 aromatic heterocycles. The number of aromatic nitrogens is 1. The highest BCUT2D eigenvalue weighted by molar-refractivity contribution is 5.77. The summed E-state index contributed by atoms with van der Waals surface area (Å²) >= 11 is 0. The van der Waals surface area contributed by atoms with Crippen molar-refractivity contribution in [2.45, 2.75) is 37.9 Å². The summed E-state index contributed by atoms with van der Waals surface area (Å²) in [6.07, 6.45) is -1.72. The van der Waals surface area contributed by atoms with Crippen molar-refractivity contribution >= 4 is 11.8 Å². The van der Waals surface area contributed by atoms with Gasteiger partial charge in [0.2, 0.25) is 0 Å². The van der Waals surface area contributed by atoms with Crippen LogP contribution in [0.15, 0.2) is 18.2 Å². The highest BCUT2D eigenvalue weighted by Crippen LogP contribution is 2.30. The number of rotatable bonds is 2. The van der Waals surface area contributed by atoms with Crippen LogP contribution >= 0.6 is 0 Å². The fourth-order valence-electron chi connectivity index (χ4n) is 2.38. The van der Waals surface area contributed by atoms with Gasteiger partial charge >= 0.3 is 12.1 Å². The van der Waals surface area contributed by atoms with Crippen LogP contribution < -0.4 is 4.90 Å². The van der Waals surface area contributed by atoms with E-state index in [2.05, 4.69) is 4.98 Å². The molecule has 2 rings (SSSR count). The van der Waals surface area contributed by atoms with E-state index in [4.69, 9.17) is 0 Å². The molecular formula is C13H15F3N2O2. The molecule has 1 aromatic rings. The van der Waals surface area contributed by atoms with Crippen molar-refractivity contribution in [1.29, 1.82) is 0 Å². The van der Waals surface area contributed by atoms with E-state index in [-0.39, 0.29) is 5.82 Å². The van der Waals surface area contributed by atoms with Gasteiger partial charge in [-0.1, -0.05) is 18.9 Å². The van der Waals surface area contributed by atoms with Crippen LogP contribution in [0, 0.1) is 0 Å². The Hall–Kier alpha value is -1.79. The summed E-state index contributed by atoms with van der Waals surface area (Å²) < 4.78 is 38.0. The van der Waals surface area contributed by atoms with Crippen molar-refractivity contribution in [2.24, 2.45) is 0 Å². The zero-order valence-corrected chi connectivity index (χ0v) is 10.7. The van der Waals surface area contributed by atoms with Gasteiger partial charge in [-0.05, 0) is 25.0 Å². The number of carbonyl (C=O) groups is 1. The second-order valence-electron chi connectivity index (χ2n) is 4.78. The lowest BCUT2D eigenvalue weighted by atomic mass is 10.1. The standard InChI is InChI=1S/C13H15F3N2O2/c14-13(15,16)10-6-4-7-11(17-10)18-8-3-1-2-5-9(18)12(19)20/h4,6-7,9H,1-3,5,8H2,(H,19,20). The molecule has 0 radical (unpaired) electrons. The van der Waals surface area contributed by atoms with Crippen LogP contribution in [0.4, 0.5) is 19.0 Å². The highest BCUT2D eigenvalue weighted by atomic mass is 19.4. The van der Waals surface area contributed by atoms with Crippen molar-refractivity contribution in [3.05, 3.63) is 23.9 Å². The summed E-state index contributed by atoms with van der Waals surface area (Å²) in [6, 6.07) is 2.76. The largest absolute Gasteiger partial charge is 0.480 e. The number of pyridine rings is 1. The third-order valence-electron chi connectivity index (χ3n) is 3.36. The zero-order chi connectivity index (χ0) is 14.8. The number of halogens is 3. The van der Waals surface area contributed by atoms with Crippen molar-refractivity contribution in [3.8, 4) is 0 Å². The van der Waals surface area contributed by atoms with Crippen LogP contribution in [0.1, 0.15) is 31.4 Å². The predicted molar refractivity (Wildman–Crippen MR) is 66.5 cm³/mol. The van der Waals surface area contributed by atoms with Crippen LogP contribution in [0.2, 0.25) is 0 Å². The maximum absolute atomic E-state index is 12.7. The van der Waals surface area contributed by atoms with E-state index in [1.165, 1.54) is 17.0 Å². The number of alkyl halides is 3. The molecule has 4 nitrogen and oxygen atoms in total. The Labute approximate surface area is 114 Å². The van der Waals surface area contributed by atoms with E-state index in [9.17, 15) is 23.1 Å². The topological polar surface area (TPSA) is 53.4 Å². The van der Waals surface area contributed by atoms with Crippen LogP contribution in [0.25, 0.3) is 0 Å². The van der Waals surface area contributed by atoms with Gasteiger partial charge in [0.15, 0.2) is 0 Å². The Morgan fingerprint density at radius 1 is 1.30 bits per heavy atom. The van der Waals surface area contributed by atoms with Crippen molar-refractivity contribution in [1.82, 2.24) is 4.98 Å². The highest BCUT2D eigenvalue weighted by Gasteiger charge is 2.34. The first-order valence-electron chi connectivity index (χ1n) is 6.43. The molecule has 0 aromatic carbocycles. The molecule has 0 saturated carbocycles. The van der Waals surface area contributed by atoms with Gasteiger partial charge < -0.3 is 10.0 Å². The lowest BCUT2D eigenvalue weighted by molar-refractivity contribution is -0.141. The third kappa shape index (κ3) is 3.20. The fourth-order valence-corrected chi connectivity index (χ4v) is 2.38. The number of anilines is 1. The molecule has 1 fully saturated rings. The second kappa shape index (κ2) is 5.68. The molecule has 1 aliphatic rings. The molecule has 0 amide bonds. The molecule has 1 saturated heterocycles. The molecular weight excluding hydrogens is 273 g/mol. The number of carboxylic acid groups (broad SMARTS) is 1. The quantitative estimate of drug-likeness (QED) is 0.909. The SMILES string of the molecule is O=C(O)C1CCCCCN1c1cccc(C(F)(F)F)n1. The molecule has 1 N–H and O–H groups in total. The Morgan fingerprint density at radius 2 is 2.05 bits per heavy atom. The third-order valence-corrected chi connectivity index (χ3v) is 3.36. The Balaban J connectivity index is 2.34. The van der Waals surface area contributed by atoms with E-state index < -0.39 is 23.9 Å². The first-order chi connectivity index (χ1) is 9.39. The van der Waals surface area contributed by atoms with Gasteiger partial charge in [-0.25, -0.2) is 9.78 Å². The Kier molecular flexibility index (Phi) is 4.15. The lowest BCUT2D eigenvalue weighted by Gasteiger charge is -2.28. The summed E-state index contributed by atoms with van der Waals surface area (Å²) in [4.78, 5) is 16.3. The van der Waals surface area contributed by atoms with Crippen LogP contribution in [-0.4, -0.2) is 28.6 Å². The van der Waals surface area contributed by atoms with E-state index in [0.29, 0.717) is 13.0 Å². The molecule has 7 heteroatoms. The average molecular weight is 288 g/mol. The summed E-state index contributed by atoms with van der Waals surface area (Å²) in [6.45, 7) is 0.408. The van der Waals surface area contributed by atoms with E-state index >= 15 is 0 Å². The van der Waals surface area contributed by atoms with Gasteiger partial charge in [0.25, 0.3) is 0 Å². The summed E-state index contributed by atoms with van der Waals surface area (Å²) in [5.74, 6) is -0.944. The number of aliphatic carboxylic acids is 1. The van der Waals surface area contributed by atoms with Gasteiger partial charge in [0.05, 0.1) is 0 Å². The normalized spacial score (nSPS) is 20.6. The van der Waals surface area contributed by atoms with Crippen molar-refractivity contribution in [2.75, 3.05) is 11.4 Å². The van der Waals surface area contributed by atoms with Crippen LogP contribution in [-0.2, 0) is 11.0 Å². The fraction of sp³-hybridized carbons (Fsp3) is 0.538. The molecule has 0 bridgehead atoms. The van der Waals surface area contributed by atoms with E-state index in [1.54, 1.807) is 0 Å². The smallest absolute Gasteiger partial charge is 0.433 e. The van der Waals surface area contributed by atoms with Gasteiger partial charge in [0, 0.05) is 6.54 Å². The zero-order valence-electron chi connectivity index (χ0n) is 10.7. The molecule has 1 unspecified atom stereocenters. The molecule has 0 aliphatic carbocycles. The minimum Gasteiger partial charge on any atom is -0.480 e. The van der Waals surface area contributed by atoms with Gasteiger partial charge in [-0.2, -0.15) is 13.2 Å². The first kappa shape index (κ1) is 14.6. The second-order valence-corrected chi connectivity index (χ2v) is 4.78. The van der Waals surface area contributed by atoms with Gasteiger partial charge in [-0.3, -0.25) is 0 Å². The van der Waals surface area contributed by atoms with Crippen molar-refractivity contribution < 1.29 is 23.1 Å². The molecule has 20 heavy (non-hydrogen) atoms. The lowest BCUT2D eigenvalue weighted by Crippen LogP contribution is -2.41. The van der Waals surface area contributed by atoms with Gasteiger partial charge in [-0.15, -0.1) is 0 Å². The maximum atomic E-state index is 12.7. The monoisotopic (exact) mass is 288 g/mol.